The van der Waals surface area contributed by atoms with Gasteiger partial charge in [-0.3, -0.25) is 9.78 Å². The molecular weight excluding hydrogens is 322 g/mol. The van der Waals surface area contributed by atoms with Gasteiger partial charge in [-0.1, -0.05) is 18.2 Å². The molecule has 0 radical (unpaired) electrons. The molecule has 25 heavy (non-hydrogen) atoms. The van der Waals surface area contributed by atoms with Crippen LogP contribution in [0.5, 0.6) is 5.75 Å². The van der Waals surface area contributed by atoms with Crippen LogP contribution in [-0.4, -0.2) is 30.4 Å². The van der Waals surface area contributed by atoms with Crippen molar-refractivity contribution in [2.45, 2.75) is 13.0 Å². The number of fused-ring (bicyclic) bond motifs is 1. The molecule has 2 aromatic heterocycles. The van der Waals surface area contributed by atoms with Crippen molar-refractivity contribution in [2.24, 2.45) is 0 Å². The van der Waals surface area contributed by atoms with Crippen LogP contribution in [0.3, 0.4) is 0 Å². The van der Waals surface area contributed by atoms with Crippen molar-refractivity contribution in [1.29, 1.82) is 0 Å². The van der Waals surface area contributed by atoms with E-state index < -0.39 is 11.2 Å². The van der Waals surface area contributed by atoms with Gasteiger partial charge < -0.3 is 9.47 Å². The molecule has 7 heteroatoms. The largest absolute Gasteiger partial charge is 0.496 e. The topological polar surface area (TPSA) is 87.5 Å². The number of ether oxygens (including phenoxy) is 2. The summed E-state index contributed by atoms with van der Waals surface area (Å²) in [6, 6.07) is 9.27. The minimum absolute atomic E-state index is 0.420. The maximum absolute atomic E-state index is 12.5. The SMILES string of the molecule is COCCCn1c(=O)[nH]c(=O)c2c(-c3ccccc3OC)cc[nH+]c21. The number of rotatable bonds is 6. The number of aryl methyl sites for hydroxylation is 1. The van der Waals surface area contributed by atoms with E-state index in [1.807, 2.05) is 24.3 Å². The highest BCUT2D eigenvalue weighted by atomic mass is 16.5. The number of nitrogens with one attached hydrogen (secondary N) is 2. The number of para-hydroxylation sites is 1. The number of methoxy groups -OCH3 is 2. The van der Waals surface area contributed by atoms with Crippen LogP contribution in [0.25, 0.3) is 22.2 Å². The van der Waals surface area contributed by atoms with E-state index in [0.717, 1.165) is 5.56 Å². The van der Waals surface area contributed by atoms with E-state index in [1.165, 1.54) is 4.57 Å². The lowest BCUT2D eigenvalue weighted by Crippen LogP contribution is -2.34. The average Bonchev–Trinajstić information content (AvgIpc) is 2.63. The Morgan fingerprint density at radius 2 is 1.92 bits per heavy atom. The van der Waals surface area contributed by atoms with E-state index in [0.29, 0.717) is 41.9 Å². The first-order chi connectivity index (χ1) is 12.2. The number of aromatic amines is 2. The quantitative estimate of drug-likeness (QED) is 0.682. The highest BCUT2D eigenvalue weighted by Gasteiger charge is 2.20. The molecule has 3 aromatic rings. The van der Waals surface area contributed by atoms with Gasteiger partial charge in [0, 0.05) is 31.3 Å². The number of nitrogens with zero attached hydrogens (tertiary/aromatic N) is 1. The minimum Gasteiger partial charge on any atom is -0.496 e. The number of aromatic nitrogens is 3. The standard InChI is InChI=1S/C18H19N3O4/c1-24-11-5-10-21-16-15(17(22)20-18(21)23)13(8-9-19-16)12-6-3-4-7-14(12)25-2/h3-4,6-9H,5,10-11H2,1-2H3,(H,20,22,23)/p+1. The van der Waals surface area contributed by atoms with Crippen LogP contribution in [0.15, 0.2) is 46.1 Å². The molecule has 0 amide bonds. The molecule has 2 heterocycles. The Hall–Kier alpha value is -2.93. The molecule has 0 fully saturated rings. The molecule has 0 atom stereocenters. The van der Waals surface area contributed by atoms with Gasteiger partial charge in [0.05, 0.1) is 19.9 Å². The molecule has 130 valence electrons. The number of pyridine rings is 1. The summed E-state index contributed by atoms with van der Waals surface area (Å²) in [5, 5.41) is 0.420. The first-order valence-electron chi connectivity index (χ1n) is 7.97. The molecule has 0 spiro atoms. The molecule has 0 saturated heterocycles. The summed E-state index contributed by atoms with van der Waals surface area (Å²) in [5.41, 5.74) is 1.10. The Bertz CT molecular complexity index is 1010. The molecule has 0 aliphatic rings. The molecule has 1 aromatic carbocycles. The zero-order valence-electron chi connectivity index (χ0n) is 14.2. The summed E-state index contributed by atoms with van der Waals surface area (Å²) in [5.74, 6) is 0.659. The predicted octanol–water partition coefficient (Wildman–Crippen LogP) is 1.22. The molecule has 0 aliphatic heterocycles. The third-order valence-electron chi connectivity index (χ3n) is 4.07. The third-order valence-corrected chi connectivity index (χ3v) is 4.07. The first-order valence-corrected chi connectivity index (χ1v) is 7.97. The second-order valence-electron chi connectivity index (χ2n) is 5.57. The highest BCUT2D eigenvalue weighted by molar-refractivity contribution is 5.92. The summed E-state index contributed by atoms with van der Waals surface area (Å²) in [6.45, 7) is 0.963. The zero-order chi connectivity index (χ0) is 17.8. The Kier molecular flexibility index (Phi) is 4.95. The number of H-pyrrole nitrogens is 2. The van der Waals surface area contributed by atoms with Crippen molar-refractivity contribution in [1.82, 2.24) is 9.55 Å². The molecule has 0 saturated carbocycles. The molecule has 0 aliphatic carbocycles. The van der Waals surface area contributed by atoms with Crippen LogP contribution in [0.1, 0.15) is 6.42 Å². The van der Waals surface area contributed by atoms with Crippen LogP contribution < -0.4 is 21.0 Å². The normalized spacial score (nSPS) is 11.0. The highest BCUT2D eigenvalue weighted by Crippen LogP contribution is 2.31. The van der Waals surface area contributed by atoms with Crippen LogP contribution >= 0.6 is 0 Å². The number of hydrogen-bond acceptors (Lipinski definition) is 4. The van der Waals surface area contributed by atoms with E-state index in [1.54, 1.807) is 26.5 Å². The van der Waals surface area contributed by atoms with Crippen molar-refractivity contribution >= 4 is 11.0 Å². The van der Waals surface area contributed by atoms with Gasteiger partial charge in [-0.2, -0.15) is 4.57 Å². The van der Waals surface area contributed by atoms with Crippen LogP contribution in [0.4, 0.5) is 0 Å². The van der Waals surface area contributed by atoms with E-state index in [9.17, 15) is 9.59 Å². The molecule has 3 rings (SSSR count). The van der Waals surface area contributed by atoms with Crippen molar-refractivity contribution in [2.75, 3.05) is 20.8 Å². The molecular formula is C18H20N3O4+. The minimum atomic E-state index is -0.443. The molecule has 0 bridgehead atoms. The molecule has 0 unspecified atom stereocenters. The van der Waals surface area contributed by atoms with Crippen molar-refractivity contribution < 1.29 is 14.5 Å². The van der Waals surface area contributed by atoms with E-state index in [-0.39, 0.29) is 0 Å². The zero-order valence-corrected chi connectivity index (χ0v) is 14.2. The lowest BCUT2D eigenvalue weighted by molar-refractivity contribution is -0.349. The van der Waals surface area contributed by atoms with Crippen LogP contribution in [0.2, 0.25) is 0 Å². The first kappa shape index (κ1) is 16.9. The summed E-state index contributed by atoms with van der Waals surface area (Å²) in [7, 11) is 3.20. The fourth-order valence-electron chi connectivity index (χ4n) is 2.93. The Morgan fingerprint density at radius 1 is 1.12 bits per heavy atom. The summed E-state index contributed by atoms with van der Waals surface area (Å²) < 4.78 is 12.0. The monoisotopic (exact) mass is 342 g/mol. The number of benzene rings is 1. The van der Waals surface area contributed by atoms with Gasteiger partial charge >= 0.3 is 5.69 Å². The predicted molar refractivity (Wildman–Crippen MR) is 93.9 cm³/mol. The fourth-order valence-corrected chi connectivity index (χ4v) is 2.93. The number of hydrogen-bond donors (Lipinski definition) is 1. The Balaban J connectivity index is 2.27. The average molecular weight is 342 g/mol. The van der Waals surface area contributed by atoms with Crippen molar-refractivity contribution in [3.05, 3.63) is 57.4 Å². The second kappa shape index (κ2) is 7.31. The summed E-state index contributed by atoms with van der Waals surface area (Å²) >= 11 is 0. The van der Waals surface area contributed by atoms with Gasteiger partial charge in [0.1, 0.15) is 11.1 Å². The van der Waals surface area contributed by atoms with Crippen molar-refractivity contribution in [3.8, 4) is 16.9 Å². The Labute approximate surface area is 143 Å². The van der Waals surface area contributed by atoms with Gasteiger partial charge in [-0.15, -0.1) is 0 Å². The molecule has 7 nitrogen and oxygen atoms in total. The third kappa shape index (κ3) is 3.18. The van der Waals surface area contributed by atoms with E-state index >= 15 is 0 Å². The lowest BCUT2D eigenvalue weighted by atomic mass is 10.0. The smallest absolute Gasteiger partial charge is 0.415 e. The maximum Gasteiger partial charge on any atom is 0.415 e. The van der Waals surface area contributed by atoms with Gasteiger partial charge in [0.15, 0.2) is 0 Å². The second-order valence-corrected chi connectivity index (χ2v) is 5.57. The van der Waals surface area contributed by atoms with Gasteiger partial charge in [0.25, 0.3) is 11.2 Å². The van der Waals surface area contributed by atoms with Gasteiger partial charge in [-0.25, -0.2) is 9.78 Å². The summed E-state index contributed by atoms with van der Waals surface area (Å²) in [6.07, 6.45) is 2.38. The van der Waals surface area contributed by atoms with Gasteiger partial charge in [0.2, 0.25) is 0 Å². The van der Waals surface area contributed by atoms with Gasteiger partial charge in [-0.05, 0) is 12.1 Å². The Morgan fingerprint density at radius 3 is 2.68 bits per heavy atom. The lowest BCUT2D eigenvalue weighted by Gasteiger charge is -2.10. The van der Waals surface area contributed by atoms with E-state index in [4.69, 9.17) is 9.47 Å². The summed E-state index contributed by atoms with van der Waals surface area (Å²) in [4.78, 5) is 30.2. The van der Waals surface area contributed by atoms with Crippen molar-refractivity contribution in [3.63, 3.8) is 0 Å². The fraction of sp³-hybridized carbons (Fsp3) is 0.278. The van der Waals surface area contributed by atoms with E-state index in [2.05, 4.69) is 9.97 Å². The maximum atomic E-state index is 12.5. The van der Waals surface area contributed by atoms with Crippen LogP contribution in [-0.2, 0) is 11.3 Å². The van der Waals surface area contributed by atoms with Crippen LogP contribution in [0, 0.1) is 0 Å². The molecule has 2 N–H and O–H groups in total.